The van der Waals surface area contributed by atoms with E-state index in [-0.39, 0.29) is 17.4 Å². The normalized spacial score (nSPS) is 33.6. The zero-order chi connectivity index (χ0) is 15.6. The van der Waals surface area contributed by atoms with Gasteiger partial charge in [-0.05, 0) is 26.2 Å². The summed E-state index contributed by atoms with van der Waals surface area (Å²) in [7, 11) is 1.99. The van der Waals surface area contributed by atoms with Crippen LogP contribution in [0.1, 0.15) is 45.4 Å². The molecule has 2 aliphatic carbocycles. The molecule has 1 spiro atoms. The molecule has 3 unspecified atom stereocenters. The van der Waals surface area contributed by atoms with Crippen molar-refractivity contribution in [2.24, 2.45) is 5.41 Å². The summed E-state index contributed by atoms with van der Waals surface area (Å²) >= 11 is 0. The highest BCUT2D eigenvalue weighted by Crippen LogP contribution is 2.56. The van der Waals surface area contributed by atoms with Gasteiger partial charge in [-0.3, -0.25) is 4.79 Å². The van der Waals surface area contributed by atoms with E-state index in [0.29, 0.717) is 25.2 Å². The molecule has 0 aromatic carbocycles. The van der Waals surface area contributed by atoms with Gasteiger partial charge in [0.1, 0.15) is 0 Å². The minimum absolute atomic E-state index is 0.172. The summed E-state index contributed by atoms with van der Waals surface area (Å²) in [4.78, 5) is 14.7. The van der Waals surface area contributed by atoms with Gasteiger partial charge in [-0.15, -0.1) is 0 Å². The Bertz CT molecular complexity index is 389. The fourth-order valence-corrected chi connectivity index (χ4v) is 4.67. The highest BCUT2D eigenvalue weighted by Gasteiger charge is 2.58. The molecule has 3 rings (SSSR count). The van der Waals surface area contributed by atoms with Gasteiger partial charge < -0.3 is 19.7 Å². The van der Waals surface area contributed by atoms with E-state index < -0.39 is 0 Å². The third kappa shape index (κ3) is 2.91. The first-order valence-corrected chi connectivity index (χ1v) is 8.86. The molecular formula is C17H30N2O3. The Morgan fingerprint density at radius 1 is 1.41 bits per heavy atom. The first-order chi connectivity index (χ1) is 10.7. The lowest BCUT2D eigenvalue weighted by Crippen LogP contribution is -2.64. The number of rotatable bonds is 5. The van der Waals surface area contributed by atoms with Gasteiger partial charge >= 0.3 is 0 Å². The number of carbonyl (C=O) groups is 1. The fraction of sp³-hybridized carbons (Fsp3) is 0.941. The van der Waals surface area contributed by atoms with Crippen molar-refractivity contribution in [3.8, 4) is 0 Å². The van der Waals surface area contributed by atoms with Gasteiger partial charge in [0.25, 0.3) is 0 Å². The highest BCUT2D eigenvalue weighted by atomic mass is 16.5. The Balaban J connectivity index is 1.59. The lowest BCUT2D eigenvalue weighted by atomic mass is 9.60. The number of amides is 1. The minimum atomic E-state index is 0.172. The lowest BCUT2D eigenvalue weighted by Gasteiger charge is -2.57. The van der Waals surface area contributed by atoms with E-state index in [9.17, 15) is 4.79 Å². The highest BCUT2D eigenvalue weighted by molar-refractivity contribution is 5.77. The van der Waals surface area contributed by atoms with Crippen molar-refractivity contribution in [1.82, 2.24) is 10.2 Å². The number of hydrogen-bond acceptors (Lipinski definition) is 4. The van der Waals surface area contributed by atoms with E-state index in [4.69, 9.17) is 9.47 Å². The predicted molar refractivity (Wildman–Crippen MR) is 84.7 cm³/mol. The summed E-state index contributed by atoms with van der Waals surface area (Å²) in [6.07, 6.45) is 6.89. The summed E-state index contributed by atoms with van der Waals surface area (Å²) in [6, 6.07) is 0.537. The molecule has 0 aromatic heterocycles. The molecule has 0 radical (unpaired) electrons. The molecular weight excluding hydrogens is 280 g/mol. The van der Waals surface area contributed by atoms with Crippen molar-refractivity contribution < 1.29 is 14.3 Å². The molecule has 126 valence electrons. The van der Waals surface area contributed by atoms with Crippen molar-refractivity contribution in [2.75, 3.05) is 33.4 Å². The van der Waals surface area contributed by atoms with Crippen LogP contribution in [-0.2, 0) is 14.3 Å². The number of nitrogens with one attached hydrogen (secondary N) is 1. The third-order valence-electron chi connectivity index (χ3n) is 5.92. The Labute approximate surface area is 133 Å². The molecule has 1 N–H and O–H groups in total. The van der Waals surface area contributed by atoms with Crippen molar-refractivity contribution in [1.29, 1.82) is 0 Å². The molecule has 0 bridgehead atoms. The van der Waals surface area contributed by atoms with Crippen LogP contribution in [0.25, 0.3) is 0 Å². The van der Waals surface area contributed by atoms with Crippen molar-refractivity contribution in [3.05, 3.63) is 0 Å². The Kier molecular flexibility index (Phi) is 5.05. The van der Waals surface area contributed by atoms with E-state index in [1.807, 2.05) is 11.9 Å². The molecule has 1 amide bonds. The molecule has 1 aliphatic heterocycles. The number of morpholine rings is 1. The monoisotopic (exact) mass is 310 g/mol. The second-order valence-corrected chi connectivity index (χ2v) is 7.07. The molecule has 1 heterocycles. The van der Waals surface area contributed by atoms with Crippen LogP contribution in [0, 0.1) is 5.41 Å². The molecule has 3 aliphatic rings. The van der Waals surface area contributed by atoms with Crippen LogP contribution in [0.3, 0.4) is 0 Å². The number of hydrogen-bond donors (Lipinski definition) is 1. The molecule has 22 heavy (non-hydrogen) atoms. The van der Waals surface area contributed by atoms with E-state index in [1.54, 1.807) is 0 Å². The maximum absolute atomic E-state index is 12.6. The SMILES string of the molecule is CCOC1CC(N(C)C(=O)CC2COCCN2)C12CCCC2. The molecule has 3 fully saturated rings. The number of ether oxygens (including phenoxy) is 2. The largest absolute Gasteiger partial charge is 0.378 e. The maximum Gasteiger partial charge on any atom is 0.224 e. The van der Waals surface area contributed by atoms with Crippen LogP contribution in [0.2, 0.25) is 0 Å². The minimum Gasteiger partial charge on any atom is -0.378 e. The van der Waals surface area contributed by atoms with Gasteiger partial charge in [-0.25, -0.2) is 0 Å². The lowest BCUT2D eigenvalue weighted by molar-refractivity contribution is -0.173. The quantitative estimate of drug-likeness (QED) is 0.837. The Morgan fingerprint density at radius 3 is 2.82 bits per heavy atom. The summed E-state index contributed by atoms with van der Waals surface area (Å²) < 4.78 is 11.4. The van der Waals surface area contributed by atoms with Gasteiger partial charge in [-0.1, -0.05) is 12.8 Å². The van der Waals surface area contributed by atoms with Crippen molar-refractivity contribution in [3.63, 3.8) is 0 Å². The third-order valence-corrected chi connectivity index (χ3v) is 5.92. The van der Waals surface area contributed by atoms with Gasteiger partial charge in [0.2, 0.25) is 5.91 Å². The second kappa shape index (κ2) is 6.85. The van der Waals surface area contributed by atoms with Crippen LogP contribution in [0.15, 0.2) is 0 Å². The predicted octanol–water partition coefficient (Wildman–Crippen LogP) is 1.56. The van der Waals surface area contributed by atoms with Crippen LogP contribution >= 0.6 is 0 Å². The topological polar surface area (TPSA) is 50.8 Å². The van der Waals surface area contributed by atoms with E-state index in [0.717, 1.165) is 26.2 Å². The Hall–Kier alpha value is -0.650. The standard InChI is InChI=1S/C17H30N2O3/c1-3-22-15-11-14(17(15)6-4-5-7-17)19(2)16(20)10-13-12-21-9-8-18-13/h13-15,18H,3-12H2,1-2H3. The van der Waals surface area contributed by atoms with Crippen LogP contribution in [0.4, 0.5) is 0 Å². The smallest absolute Gasteiger partial charge is 0.224 e. The number of nitrogens with zero attached hydrogens (tertiary/aromatic N) is 1. The summed E-state index contributed by atoms with van der Waals surface area (Å²) in [5.74, 6) is 0.245. The van der Waals surface area contributed by atoms with Gasteiger partial charge in [-0.2, -0.15) is 0 Å². The average Bonchev–Trinajstić information content (AvgIpc) is 3.04. The summed E-state index contributed by atoms with van der Waals surface area (Å²) in [5, 5.41) is 3.37. The first-order valence-electron chi connectivity index (χ1n) is 8.86. The van der Waals surface area contributed by atoms with Crippen molar-refractivity contribution in [2.45, 2.75) is 63.6 Å². The van der Waals surface area contributed by atoms with Crippen LogP contribution in [-0.4, -0.2) is 62.4 Å². The average molecular weight is 310 g/mol. The second-order valence-electron chi connectivity index (χ2n) is 7.07. The Morgan fingerprint density at radius 2 is 2.18 bits per heavy atom. The maximum atomic E-state index is 12.6. The number of carbonyl (C=O) groups excluding carboxylic acids is 1. The first kappa shape index (κ1) is 16.2. The molecule has 1 saturated heterocycles. The van der Waals surface area contributed by atoms with Crippen molar-refractivity contribution >= 4 is 5.91 Å². The van der Waals surface area contributed by atoms with Gasteiger partial charge in [0.15, 0.2) is 0 Å². The molecule has 2 saturated carbocycles. The molecule has 3 atom stereocenters. The molecule has 0 aromatic rings. The summed E-state index contributed by atoms with van der Waals surface area (Å²) in [5.41, 5.74) is 0.233. The van der Waals surface area contributed by atoms with Gasteiger partial charge in [0, 0.05) is 44.1 Å². The summed E-state index contributed by atoms with van der Waals surface area (Å²) in [6.45, 7) is 5.10. The van der Waals surface area contributed by atoms with Crippen LogP contribution < -0.4 is 5.32 Å². The van der Waals surface area contributed by atoms with E-state index in [1.165, 1.54) is 25.7 Å². The van der Waals surface area contributed by atoms with Crippen LogP contribution in [0.5, 0.6) is 0 Å². The molecule has 5 nitrogen and oxygen atoms in total. The zero-order valence-corrected chi connectivity index (χ0v) is 14.0. The fourth-order valence-electron chi connectivity index (χ4n) is 4.67. The zero-order valence-electron chi connectivity index (χ0n) is 14.0. The molecule has 5 heteroatoms. The van der Waals surface area contributed by atoms with E-state index >= 15 is 0 Å². The van der Waals surface area contributed by atoms with E-state index in [2.05, 4.69) is 12.2 Å². The van der Waals surface area contributed by atoms with Gasteiger partial charge in [0.05, 0.1) is 19.3 Å².